The number of aromatic nitrogens is 2. The minimum Gasteiger partial charge on any atom is -0.393 e. The van der Waals surface area contributed by atoms with Crippen molar-refractivity contribution in [1.29, 1.82) is 0 Å². The maximum absolute atomic E-state index is 12.4. The van der Waals surface area contributed by atoms with Gasteiger partial charge in [-0.3, -0.25) is 0 Å². The molecule has 1 atom stereocenters. The van der Waals surface area contributed by atoms with Crippen molar-refractivity contribution >= 4 is 11.6 Å². The second-order valence-electron chi connectivity index (χ2n) is 3.06. The first kappa shape index (κ1) is 12.2. The zero-order chi connectivity index (χ0) is 11.6. The summed E-state index contributed by atoms with van der Waals surface area (Å²) in [6.07, 6.45) is -4.66. The van der Waals surface area contributed by atoms with Crippen LogP contribution in [0.5, 0.6) is 0 Å². The average Bonchev–Trinajstić information content (AvgIpc) is 2.05. The number of halogens is 4. The SMILES string of the molecule is CC(O)Cc1cnc(Cl)nc1C(F)(F)F. The Morgan fingerprint density at radius 2 is 2.13 bits per heavy atom. The lowest BCUT2D eigenvalue weighted by Crippen LogP contribution is -2.16. The smallest absolute Gasteiger partial charge is 0.393 e. The van der Waals surface area contributed by atoms with Crippen LogP contribution in [0.1, 0.15) is 18.2 Å². The van der Waals surface area contributed by atoms with E-state index in [0.29, 0.717) is 0 Å². The van der Waals surface area contributed by atoms with Gasteiger partial charge in [0.25, 0.3) is 0 Å². The summed E-state index contributed by atoms with van der Waals surface area (Å²) in [5, 5.41) is 8.55. The van der Waals surface area contributed by atoms with Crippen LogP contribution >= 0.6 is 11.6 Å². The highest BCUT2D eigenvalue weighted by Gasteiger charge is 2.36. The summed E-state index contributed by atoms with van der Waals surface area (Å²) in [7, 11) is 0. The fraction of sp³-hybridized carbons (Fsp3) is 0.500. The first-order valence-corrected chi connectivity index (χ1v) is 4.45. The highest BCUT2D eigenvalue weighted by molar-refractivity contribution is 6.28. The molecule has 1 rings (SSSR count). The topological polar surface area (TPSA) is 46.0 Å². The van der Waals surface area contributed by atoms with Gasteiger partial charge in [0.1, 0.15) is 0 Å². The predicted molar refractivity (Wildman–Crippen MR) is 47.4 cm³/mol. The van der Waals surface area contributed by atoms with Crippen LogP contribution in [0.2, 0.25) is 5.28 Å². The summed E-state index contributed by atoms with van der Waals surface area (Å²) in [5.41, 5.74) is -1.26. The van der Waals surface area contributed by atoms with Crippen LogP contribution in [0.25, 0.3) is 0 Å². The number of nitrogens with zero attached hydrogens (tertiary/aromatic N) is 2. The number of alkyl halides is 3. The molecule has 0 bridgehead atoms. The van der Waals surface area contributed by atoms with Crippen LogP contribution in [0.3, 0.4) is 0 Å². The van der Waals surface area contributed by atoms with E-state index in [4.69, 9.17) is 16.7 Å². The second-order valence-corrected chi connectivity index (χ2v) is 3.40. The van der Waals surface area contributed by atoms with Crippen molar-refractivity contribution in [1.82, 2.24) is 9.97 Å². The van der Waals surface area contributed by atoms with Crippen LogP contribution < -0.4 is 0 Å². The first-order valence-electron chi connectivity index (χ1n) is 4.07. The van der Waals surface area contributed by atoms with E-state index in [2.05, 4.69) is 9.97 Å². The van der Waals surface area contributed by atoms with Gasteiger partial charge in [0.2, 0.25) is 5.28 Å². The van der Waals surface area contributed by atoms with Crippen LogP contribution in [0.4, 0.5) is 13.2 Å². The fourth-order valence-corrected chi connectivity index (χ4v) is 1.23. The van der Waals surface area contributed by atoms with E-state index in [9.17, 15) is 13.2 Å². The maximum atomic E-state index is 12.4. The van der Waals surface area contributed by atoms with E-state index in [1.807, 2.05) is 0 Å². The molecule has 0 amide bonds. The lowest BCUT2D eigenvalue weighted by Gasteiger charge is -2.12. The van der Waals surface area contributed by atoms with Crippen molar-refractivity contribution in [2.24, 2.45) is 0 Å². The molecule has 1 N–H and O–H groups in total. The Hall–Kier alpha value is -0.880. The molecule has 3 nitrogen and oxygen atoms in total. The quantitative estimate of drug-likeness (QED) is 0.805. The van der Waals surface area contributed by atoms with E-state index in [1.165, 1.54) is 6.92 Å². The minimum absolute atomic E-state index is 0.161. The van der Waals surface area contributed by atoms with Crippen molar-refractivity contribution < 1.29 is 18.3 Å². The Morgan fingerprint density at radius 1 is 1.53 bits per heavy atom. The monoisotopic (exact) mass is 240 g/mol. The summed E-state index contributed by atoms with van der Waals surface area (Å²) >= 11 is 5.27. The molecule has 0 fully saturated rings. The van der Waals surface area contributed by atoms with Crippen molar-refractivity contribution in [3.8, 4) is 0 Å². The van der Waals surface area contributed by atoms with Gasteiger partial charge in [-0.1, -0.05) is 0 Å². The van der Waals surface area contributed by atoms with Crippen LogP contribution in [-0.4, -0.2) is 21.2 Å². The molecule has 84 valence electrons. The molecule has 0 aliphatic rings. The zero-order valence-corrected chi connectivity index (χ0v) is 8.47. The van der Waals surface area contributed by atoms with Gasteiger partial charge in [-0.25, -0.2) is 9.97 Å². The van der Waals surface area contributed by atoms with Gasteiger partial charge in [0, 0.05) is 18.2 Å². The standard InChI is InChI=1S/C8H8ClF3N2O/c1-4(15)2-5-3-13-7(9)14-6(5)8(10,11)12/h3-4,15H,2H2,1H3. The Balaban J connectivity index is 3.15. The van der Waals surface area contributed by atoms with Crippen molar-refractivity contribution in [2.75, 3.05) is 0 Å². The zero-order valence-electron chi connectivity index (χ0n) is 7.72. The molecule has 0 aromatic carbocycles. The lowest BCUT2D eigenvalue weighted by molar-refractivity contribution is -0.142. The molecule has 0 spiro atoms. The van der Waals surface area contributed by atoms with E-state index >= 15 is 0 Å². The molecular weight excluding hydrogens is 233 g/mol. The van der Waals surface area contributed by atoms with E-state index in [1.54, 1.807) is 0 Å². The molecular formula is C8H8ClF3N2O. The van der Waals surface area contributed by atoms with Gasteiger partial charge in [-0.2, -0.15) is 13.2 Å². The number of aliphatic hydroxyl groups excluding tert-OH is 1. The van der Waals surface area contributed by atoms with Crippen molar-refractivity contribution in [2.45, 2.75) is 25.6 Å². The number of rotatable bonds is 2. The molecule has 1 unspecified atom stereocenters. The Bertz CT molecular complexity index is 354. The third-order valence-electron chi connectivity index (χ3n) is 1.62. The number of hydrogen-bond acceptors (Lipinski definition) is 3. The Labute approximate surface area is 88.9 Å². The van der Waals surface area contributed by atoms with Gasteiger partial charge in [-0.05, 0) is 18.5 Å². The molecule has 0 saturated heterocycles. The van der Waals surface area contributed by atoms with Crippen molar-refractivity contribution in [3.05, 3.63) is 22.7 Å². The van der Waals surface area contributed by atoms with E-state index in [-0.39, 0.29) is 12.0 Å². The van der Waals surface area contributed by atoms with Crippen molar-refractivity contribution in [3.63, 3.8) is 0 Å². The second kappa shape index (κ2) is 4.32. The normalized spacial score (nSPS) is 14.0. The lowest BCUT2D eigenvalue weighted by atomic mass is 10.1. The van der Waals surface area contributed by atoms with Gasteiger partial charge < -0.3 is 5.11 Å². The van der Waals surface area contributed by atoms with Gasteiger partial charge in [0.05, 0.1) is 6.10 Å². The Kier molecular flexibility index (Phi) is 3.51. The summed E-state index contributed by atoms with van der Waals surface area (Å²) in [6.45, 7) is 1.38. The highest BCUT2D eigenvalue weighted by Crippen LogP contribution is 2.31. The molecule has 0 aliphatic carbocycles. The van der Waals surface area contributed by atoms with Crippen LogP contribution in [-0.2, 0) is 12.6 Å². The molecule has 1 aromatic heterocycles. The molecule has 0 aliphatic heterocycles. The predicted octanol–water partition coefficient (Wildman–Crippen LogP) is 2.07. The number of aliphatic hydroxyl groups is 1. The molecule has 1 heterocycles. The summed E-state index contributed by atoms with van der Waals surface area (Å²) in [6, 6.07) is 0. The van der Waals surface area contributed by atoms with Gasteiger partial charge >= 0.3 is 6.18 Å². The largest absolute Gasteiger partial charge is 0.433 e. The van der Waals surface area contributed by atoms with Gasteiger partial charge in [-0.15, -0.1) is 0 Å². The van der Waals surface area contributed by atoms with E-state index < -0.39 is 23.3 Å². The van der Waals surface area contributed by atoms with Crippen LogP contribution in [0.15, 0.2) is 6.20 Å². The molecule has 7 heteroatoms. The minimum atomic E-state index is -4.59. The van der Waals surface area contributed by atoms with Crippen LogP contribution in [0, 0.1) is 0 Å². The fourth-order valence-electron chi connectivity index (χ4n) is 1.10. The number of hydrogen-bond donors (Lipinski definition) is 1. The average molecular weight is 241 g/mol. The third kappa shape index (κ3) is 3.32. The maximum Gasteiger partial charge on any atom is 0.433 e. The van der Waals surface area contributed by atoms with Gasteiger partial charge in [0.15, 0.2) is 5.69 Å². The summed E-state index contributed by atoms with van der Waals surface area (Å²) in [5.74, 6) is 0. The Morgan fingerprint density at radius 3 is 2.60 bits per heavy atom. The summed E-state index contributed by atoms with van der Waals surface area (Å²) in [4.78, 5) is 6.57. The van der Waals surface area contributed by atoms with E-state index in [0.717, 1.165) is 6.20 Å². The molecule has 0 saturated carbocycles. The molecule has 1 aromatic rings. The highest BCUT2D eigenvalue weighted by atomic mass is 35.5. The first-order chi connectivity index (χ1) is 6.80. The summed E-state index contributed by atoms with van der Waals surface area (Å²) < 4.78 is 37.3. The third-order valence-corrected chi connectivity index (χ3v) is 1.80. The molecule has 0 radical (unpaired) electrons. The molecule has 15 heavy (non-hydrogen) atoms.